The fourth-order valence-electron chi connectivity index (χ4n) is 4.65. The third-order valence-electron chi connectivity index (χ3n) is 6.26. The Balaban J connectivity index is 1.46. The van der Waals surface area contributed by atoms with E-state index in [0.717, 1.165) is 34.9 Å². The Labute approximate surface area is 185 Å². The highest BCUT2D eigenvalue weighted by molar-refractivity contribution is 7.99. The Kier molecular flexibility index (Phi) is 6.51. The van der Waals surface area contributed by atoms with Gasteiger partial charge in [0.25, 0.3) is 0 Å². The molecule has 1 heterocycles. The largest absolute Gasteiger partial charge is 0.413 e. The van der Waals surface area contributed by atoms with Crippen LogP contribution in [0, 0.1) is 5.92 Å². The minimum atomic E-state index is -4.53. The summed E-state index contributed by atoms with van der Waals surface area (Å²) in [6.45, 7) is 0. The Morgan fingerprint density at radius 3 is 2.16 bits per heavy atom. The molecule has 2 aromatic rings. The lowest BCUT2D eigenvalue weighted by molar-refractivity contribution is -0.190. The number of halogens is 3. The Hall–Kier alpha value is -2.15. The zero-order valence-corrected chi connectivity index (χ0v) is 18.3. The molecule has 1 aliphatic carbocycles. The van der Waals surface area contributed by atoms with Gasteiger partial charge in [-0.3, -0.25) is 4.79 Å². The lowest BCUT2D eigenvalue weighted by Gasteiger charge is -2.34. The molecule has 0 saturated carbocycles. The number of carbonyl (C=O) groups is 1. The fourth-order valence-corrected chi connectivity index (χ4v) is 5.76. The molecule has 1 aliphatic heterocycles. The van der Waals surface area contributed by atoms with Crippen molar-refractivity contribution in [3.05, 3.63) is 65.2 Å². The van der Waals surface area contributed by atoms with Gasteiger partial charge in [0.2, 0.25) is 5.91 Å². The van der Waals surface area contributed by atoms with E-state index in [-0.39, 0.29) is 17.5 Å². The van der Waals surface area contributed by atoms with Gasteiger partial charge < -0.3 is 10.2 Å². The van der Waals surface area contributed by atoms with Gasteiger partial charge >= 0.3 is 6.18 Å². The maximum atomic E-state index is 13.9. The van der Waals surface area contributed by atoms with Gasteiger partial charge in [0.05, 0.1) is 0 Å². The zero-order valence-electron chi connectivity index (χ0n) is 17.5. The molecule has 0 radical (unpaired) electrons. The van der Waals surface area contributed by atoms with Crippen LogP contribution in [-0.4, -0.2) is 41.6 Å². The van der Waals surface area contributed by atoms with Crippen molar-refractivity contribution >= 4 is 23.4 Å². The predicted octanol–water partition coefficient (Wildman–Crippen LogP) is 5.47. The molecule has 0 aromatic heterocycles. The number of hydrogen-bond donors (Lipinski definition) is 1. The fraction of sp³-hybridized carbons (Fsp3) is 0.458. The van der Waals surface area contributed by atoms with Crippen LogP contribution in [0.25, 0.3) is 0 Å². The number of hydrogen-bond acceptors (Lipinski definition) is 3. The second kappa shape index (κ2) is 9.15. The van der Waals surface area contributed by atoms with Crippen molar-refractivity contribution in [3.63, 3.8) is 0 Å². The highest BCUT2D eigenvalue weighted by atomic mass is 32.2. The molecule has 1 amide bonds. The third-order valence-corrected chi connectivity index (χ3v) is 7.31. The number of benzene rings is 2. The van der Waals surface area contributed by atoms with Crippen LogP contribution < -0.4 is 5.32 Å². The second-order valence-electron chi connectivity index (χ2n) is 8.42. The van der Waals surface area contributed by atoms with Crippen molar-refractivity contribution in [3.8, 4) is 0 Å². The molecule has 3 nitrogen and oxygen atoms in total. The number of carbonyl (C=O) groups excluding carboxylic acids is 1. The standard InChI is InChI=1S/C24H27F3N2OS/c1-29(23(30)17-10-12-31-13-11-17)22(24(25,26)27)16-6-8-20(9-7-16)28-21-14-18-4-2-3-5-19(18)15-21/h2-9,17,21-22,28H,10-15H2,1H3/t22-/m0/s1. The Morgan fingerprint density at radius 1 is 1.03 bits per heavy atom. The van der Waals surface area contributed by atoms with Crippen molar-refractivity contribution in [2.75, 3.05) is 23.9 Å². The minimum Gasteiger partial charge on any atom is -0.382 e. The molecule has 0 bridgehead atoms. The molecule has 166 valence electrons. The summed E-state index contributed by atoms with van der Waals surface area (Å²) in [6, 6.07) is 12.9. The first-order valence-electron chi connectivity index (χ1n) is 10.7. The third kappa shape index (κ3) is 5.03. The average molecular weight is 449 g/mol. The summed E-state index contributed by atoms with van der Waals surface area (Å²) in [5, 5.41) is 3.43. The number of alkyl halides is 3. The lowest BCUT2D eigenvalue weighted by atomic mass is 9.98. The normalized spacial score (nSPS) is 18.5. The molecule has 1 atom stereocenters. The summed E-state index contributed by atoms with van der Waals surface area (Å²) in [7, 11) is 1.28. The van der Waals surface area contributed by atoms with Gasteiger partial charge in [-0.1, -0.05) is 36.4 Å². The summed E-state index contributed by atoms with van der Waals surface area (Å²) in [6.07, 6.45) is -1.44. The monoisotopic (exact) mass is 448 g/mol. The summed E-state index contributed by atoms with van der Waals surface area (Å²) < 4.78 is 41.8. The van der Waals surface area contributed by atoms with Gasteiger partial charge in [-0.2, -0.15) is 24.9 Å². The highest BCUT2D eigenvalue weighted by Crippen LogP contribution is 2.39. The highest BCUT2D eigenvalue weighted by Gasteiger charge is 2.46. The molecular formula is C24H27F3N2OS. The van der Waals surface area contributed by atoms with E-state index in [2.05, 4.69) is 17.4 Å². The summed E-state index contributed by atoms with van der Waals surface area (Å²) >= 11 is 1.75. The van der Waals surface area contributed by atoms with E-state index < -0.39 is 18.1 Å². The van der Waals surface area contributed by atoms with Crippen LogP contribution in [0.4, 0.5) is 18.9 Å². The maximum absolute atomic E-state index is 13.9. The first-order chi connectivity index (χ1) is 14.8. The van der Waals surface area contributed by atoms with Crippen LogP contribution in [-0.2, 0) is 17.6 Å². The van der Waals surface area contributed by atoms with E-state index in [0.29, 0.717) is 12.8 Å². The van der Waals surface area contributed by atoms with Crippen LogP contribution in [0.3, 0.4) is 0 Å². The Morgan fingerprint density at radius 2 is 1.61 bits per heavy atom. The first kappa shape index (κ1) is 22.1. The van der Waals surface area contributed by atoms with Crippen molar-refractivity contribution in [1.29, 1.82) is 0 Å². The SMILES string of the molecule is CN(C(=O)C1CCSCC1)[C@@H](c1ccc(NC2Cc3ccccc3C2)cc1)C(F)(F)F. The first-order valence-corrected chi connectivity index (χ1v) is 11.8. The lowest BCUT2D eigenvalue weighted by Crippen LogP contribution is -2.43. The van der Waals surface area contributed by atoms with E-state index in [4.69, 9.17) is 0 Å². The number of thioether (sulfide) groups is 1. The molecule has 1 N–H and O–H groups in total. The van der Waals surface area contributed by atoms with Crippen LogP contribution in [0.2, 0.25) is 0 Å². The molecule has 1 fully saturated rings. The van der Waals surface area contributed by atoms with Crippen molar-refractivity contribution in [2.24, 2.45) is 5.92 Å². The van der Waals surface area contributed by atoms with Crippen LogP contribution in [0.15, 0.2) is 48.5 Å². The van der Waals surface area contributed by atoms with E-state index in [1.54, 1.807) is 23.9 Å². The van der Waals surface area contributed by atoms with Crippen LogP contribution in [0.1, 0.15) is 35.6 Å². The average Bonchev–Trinajstić information content (AvgIpc) is 3.16. The van der Waals surface area contributed by atoms with Gasteiger partial charge in [-0.25, -0.2) is 0 Å². The van der Waals surface area contributed by atoms with Crippen molar-refractivity contribution in [1.82, 2.24) is 4.90 Å². The van der Waals surface area contributed by atoms with Gasteiger partial charge in [0.15, 0.2) is 6.04 Å². The number of rotatable bonds is 5. The van der Waals surface area contributed by atoms with Crippen molar-refractivity contribution < 1.29 is 18.0 Å². The molecule has 2 aliphatic rings. The molecule has 2 aromatic carbocycles. The number of nitrogens with one attached hydrogen (secondary N) is 1. The maximum Gasteiger partial charge on any atom is 0.413 e. The summed E-state index contributed by atoms with van der Waals surface area (Å²) in [4.78, 5) is 13.7. The Bertz CT molecular complexity index is 885. The predicted molar refractivity (Wildman–Crippen MR) is 119 cm³/mol. The van der Waals surface area contributed by atoms with Crippen LogP contribution in [0.5, 0.6) is 0 Å². The zero-order chi connectivity index (χ0) is 22.0. The number of amides is 1. The van der Waals surface area contributed by atoms with Gasteiger partial charge in [-0.15, -0.1) is 0 Å². The molecule has 4 rings (SSSR count). The molecular weight excluding hydrogens is 421 g/mol. The second-order valence-corrected chi connectivity index (χ2v) is 9.64. The number of nitrogens with zero attached hydrogens (tertiary/aromatic N) is 1. The van der Waals surface area contributed by atoms with E-state index in [1.807, 2.05) is 12.1 Å². The minimum absolute atomic E-state index is 0.0915. The van der Waals surface area contributed by atoms with Gasteiger partial charge in [0.1, 0.15) is 0 Å². The number of anilines is 1. The van der Waals surface area contributed by atoms with Crippen molar-refractivity contribution in [2.45, 2.75) is 43.9 Å². The molecule has 0 spiro atoms. The summed E-state index contributed by atoms with van der Waals surface area (Å²) in [5.41, 5.74) is 3.51. The van der Waals surface area contributed by atoms with Gasteiger partial charge in [0, 0.05) is 24.7 Å². The van der Waals surface area contributed by atoms with E-state index >= 15 is 0 Å². The molecule has 1 saturated heterocycles. The molecule has 0 unspecified atom stereocenters. The number of fused-ring (bicyclic) bond motifs is 1. The van der Waals surface area contributed by atoms with E-state index in [9.17, 15) is 18.0 Å². The molecule has 7 heteroatoms. The summed E-state index contributed by atoms with van der Waals surface area (Å²) in [5.74, 6) is 0.924. The van der Waals surface area contributed by atoms with Gasteiger partial charge in [-0.05, 0) is 66.0 Å². The quantitative estimate of drug-likeness (QED) is 0.658. The smallest absolute Gasteiger partial charge is 0.382 e. The molecule has 31 heavy (non-hydrogen) atoms. The van der Waals surface area contributed by atoms with E-state index in [1.165, 1.54) is 30.3 Å². The van der Waals surface area contributed by atoms with Crippen LogP contribution >= 0.6 is 11.8 Å². The topological polar surface area (TPSA) is 32.3 Å².